The molecule has 170 valence electrons. The van der Waals surface area contributed by atoms with E-state index < -0.39 is 17.7 Å². The number of halogens is 3. The quantitative estimate of drug-likeness (QED) is 0.762. The number of amides is 2. The van der Waals surface area contributed by atoms with Crippen molar-refractivity contribution in [2.24, 2.45) is 5.92 Å². The zero-order valence-corrected chi connectivity index (χ0v) is 17.4. The Morgan fingerprint density at radius 1 is 1.09 bits per heavy atom. The molecule has 0 saturated carbocycles. The van der Waals surface area contributed by atoms with Gasteiger partial charge in [0.2, 0.25) is 11.8 Å². The number of carbonyl (C=O) groups excluding carboxylic acids is 2. The van der Waals surface area contributed by atoms with Crippen LogP contribution < -0.4 is 10.2 Å². The summed E-state index contributed by atoms with van der Waals surface area (Å²) in [6.07, 6.45) is -4.55. The highest BCUT2D eigenvalue weighted by atomic mass is 19.4. The molecule has 2 aliphatic rings. The van der Waals surface area contributed by atoms with E-state index >= 15 is 0 Å². The number of morpholine rings is 1. The molecule has 0 radical (unpaired) electrons. The molecular formula is C23H24F3N3O3. The van der Waals surface area contributed by atoms with Gasteiger partial charge in [-0.05, 0) is 29.8 Å². The molecular weight excluding hydrogens is 423 g/mol. The highest BCUT2D eigenvalue weighted by Gasteiger charge is 2.37. The van der Waals surface area contributed by atoms with Crippen LogP contribution in [0, 0.1) is 5.92 Å². The normalized spacial score (nSPS) is 19.9. The summed E-state index contributed by atoms with van der Waals surface area (Å²) in [5, 5.41) is 2.91. The van der Waals surface area contributed by atoms with Crippen molar-refractivity contribution in [2.45, 2.75) is 19.1 Å². The lowest BCUT2D eigenvalue weighted by molar-refractivity contribution is -0.137. The third-order valence-electron chi connectivity index (χ3n) is 5.75. The first-order chi connectivity index (χ1) is 15.3. The number of para-hydroxylation sites is 1. The van der Waals surface area contributed by atoms with Crippen LogP contribution in [0.4, 0.5) is 24.5 Å². The van der Waals surface area contributed by atoms with Gasteiger partial charge in [-0.15, -0.1) is 0 Å². The maximum atomic E-state index is 13.0. The third kappa shape index (κ3) is 5.11. The molecule has 1 N–H and O–H groups in total. The summed E-state index contributed by atoms with van der Waals surface area (Å²) in [4.78, 5) is 28.9. The van der Waals surface area contributed by atoms with Gasteiger partial charge in [-0.1, -0.05) is 24.3 Å². The van der Waals surface area contributed by atoms with Crippen LogP contribution >= 0.6 is 0 Å². The second kappa shape index (κ2) is 9.30. The molecule has 1 unspecified atom stereocenters. The lowest BCUT2D eigenvalue weighted by Gasteiger charge is -2.27. The highest BCUT2D eigenvalue weighted by molar-refractivity contribution is 6.03. The van der Waals surface area contributed by atoms with Crippen LogP contribution in [0.15, 0.2) is 48.5 Å². The number of ether oxygens (including phenoxy) is 1. The van der Waals surface area contributed by atoms with E-state index in [-0.39, 0.29) is 30.5 Å². The minimum atomic E-state index is -4.50. The average molecular weight is 447 g/mol. The highest BCUT2D eigenvalue weighted by Crippen LogP contribution is 2.33. The third-order valence-corrected chi connectivity index (χ3v) is 5.75. The summed E-state index contributed by atoms with van der Waals surface area (Å²) in [5.74, 6) is -1.33. The van der Waals surface area contributed by atoms with Crippen molar-refractivity contribution in [3.05, 3.63) is 59.7 Å². The maximum Gasteiger partial charge on any atom is 0.416 e. The van der Waals surface area contributed by atoms with Crippen LogP contribution in [-0.2, 0) is 27.0 Å². The minimum absolute atomic E-state index is 0.0393. The predicted molar refractivity (Wildman–Crippen MR) is 113 cm³/mol. The van der Waals surface area contributed by atoms with E-state index in [0.29, 0.717) is 25.4 Å². The molecule has 0 bridgehead atoms. The summed E-state index contributed by atoms with van der Waals surface area (Å²) in [5.41, 5.74) is 0.955. The molecule has 0 aromatic heterocycles. The lowest BCUT2D eigenvalue weighted by atomic mass is 10.1. The Labute approximate surface area is 183 Å². The number of carbonyl (C=O) groups is 2. The Kier molecular flexibility index (Phi) is 6.48. The molecule has 4 rings (SSSR count). The van der Waals surface area contributed by atoms with E-state index in [4.69, 9.17) is 4.74 Å². The Bertz CT molecular complexity index is 990. The Hall–Kier alpha value is -2.91. The van der Waals surface area contributed by atoms with Gasteiger partial charge < -0.3 is 15.0 Å². The van der Waals surface area contributed by atoms with E-state index in [0.717, 1.165) is 30.8 Å². The van der Waals surface area contributed by atoms with Gasteiger partial charge in [0.05, 0.1) is 24.7 Å². The zero-order chi connectivity index (χ0) is 22.7. The summed E-state index contributed by atoms with van der Waals surface area (Å²) in [6.45, 7) is 3.67. The number of benzene rings is 2. The molecule has 0 aliphatic carbocycles. The number of alkyl halides is 3. The van der Waals surface area contributed by atoms with Gasteiger partial charge in [-0.3, -0.25) is 14.5 Å². The number of rotatable bonds is 5. The number of hydrogen-bond donors (Lipinski definition) is 1. The van der Waals surface area contributed by atoms with E-state index in [9.17, 15) is 22.8 Å². The molecule has 2 heterocycles. The van der Waals surface area contributed by atoms with Crippen molar-refractivity contribution in [3.63, 3.8) is 0 Å². The van der Waals surface area contributed by atoms with Crippen molar-refractivity contribution in [1.82, 2.24) is 4.90 Å². The van der Waals surface area contributed by atoms with Crippen LogP contribution in [0.1, 0.15) is 17.5 Å². The molecule has 2 saturated heterocycles. The fraction of sp³-hybridized carbons (Fsp3) is 0.391. The van der Waals surface area contributed by atoms with Crippen molar-refractivity contribution in [3.8, 4) is 0 Å². The molecule has 2 amide bonds. The molecule has 2 aromatic rings. The standard InChI is InChI=1S/C23H24F3N3O3/c24-23(25,26)18-5-3-6-19(13-18)29-15-17(12-21(29)30)22(31)27-20-7-2-1-4-16(20)14-28-8-10-32-11-9-28/h1-7,13,17H,8-12,14-15H2,(H,27,31). The predicted octanol–water partition coefficient (Wildman–Crippen LogP) is 3.53. The SMILES string of the molecule is O=C(Nc1ccccc1CN1CCOCC1)C1CC(=O)N(c2cccc(C(F)(F)F)c2)C1. The molecule has 1 atom stereocenters. The van der Waals surface area contributed by atoms with Gasteiger partial charge in [0.25, 0.3) is 0 Å². The number of hydrogen-bond acceptors (Lipinski definition) is 4. The van der Waals surface area contributed by atoms with Crippen LogP contribution in [0.3, 0.4) is 0 Å². The first-order valence-electron chi connectivity index (χ1n) is 10.5. The van der Waals surface area contributed by atoms with Crippen LogP contribution in [0.25, 0.3) is 0 Å². The first kappa shape index (κ1) is 22.3. The molecule has 2 aromatic carbocycles. The summed E-state index contributed by atoms with van der Waals surface area (Å²) in [6, 6.07) is 12.1. The smallest absolute Gasteiger partial charge is 0.379 e. The lowest BCUT2D eigenvalue weighted by Crippen LogP contribution is -2.36. The van der Waals surface area contributed by atoms with Crippen molar-refractivity contribution in [2.75, 3.05) is 43.1 Å². The summed E-state index contributed by atoms with van der Waals surface area (Å²) >= 11 is 0. The Morgan fingerprint density at radius 2 is 1.84 bits per heavy atom. The molecule has 32 heavy (non-hydrogen) atoms. The molecule has 2 fully saturated rings. The second-order valence-corrected chi connectivity index (χ2v) is 7.99. The summed E-state index contributed by atoms with van der Waals surface area (Å²) < 4.78 is 44.5. The first-order valence-corrected chi connectivity index (χ1v) is 10.5. The van der Waals surface area contributed by atoms with E-state index in [1.807, 2.05) is 24.3 Å². The van der Waals surface area contributed by atoms with E-state index in [1.54, 1.807) is 0 Å². The molecule has 6 nitrogen and oxygen atoms in total. The topological polar surface area (TPSA) is 61.9 Å². The minimum Gasteiger partial charge on any atom is -0.379 e. The van der Waals surface area contributed by atoms with Gasteiger partial charge >= 0.3 is 6.18 Å². The number of nitrogens with one attached hydrogen (secondary N) is 1. The van der Waals surface area contributed by atoms with Crippen molar-refractivity contribution >= 4 is 23.2 Å². The largest absolute Gasteiger partial charge is 0.416 e. The van der Waals surface area contributed by atoms with Gasteiger partial charge in [-0.25, -0.2) is 0 Å². The molecule has 9 heteroatoms. The van der Waals surface area contributed by atoms with E-state index in [1.165, 1.54) is 17.0 Å². The zero-order valence-electron chi connectivity index (χ0n) is 17.4. The second-order valence-electron chi connectivity index (χ2n) is 7.99. The number of nitrogens with zero attached hydrogens (tertiary/aromatic N) is 2. The average Bonchev–Trinajstić information content (AvgIpc) is 3.17. The molecule has 2 aliphatic heterocycles. The number of anilines is 2. The fourth-order valence-electron chi connectivity index (χ4n) is 4.00. The maximum absolute atomic E-state index is 13.0. The van der Waals surface area contributed by atoms with Gasteiger partial charge in [0, 0.05) is 44.0 Å². The van der Waals surface area contributed by atoms with E-state index in [2.05, 4.69) is 10.2 Å². The van der Waals surface area contributed by atoms with Gasteiger partial charge in [0.15, 0.2) is 0 Å². The Balaban J connectivity index is 1.44. The van der Waals surface area contributed by atoms with Crippen molar-refractivity contribution in [1.29, 1.82) is 0 Å². The van der Waals surface area contributed by atoms with Gasteiger partial charge in [0.1, 0.15) is 0 Å². The van der Waals surface area contributed by atoms with Gasteiger partial charge in [-0.2, -0.15) is 13.2 Å². The monoisotopic (exact) mass is 447 g/mol. The van der Waals surface area contributed by atoms with Crippen LogP contribution in [0.2, 0.25) is 0 Å². The summed E-state index contributed by atoms with van der Waals surface area (Å²) in [7, 11) is 0. The van der Waals surface area contributed by atoms with Crippen molar-refractivity contribution < 1.29 is 27.5 Å². The van der Waals surface area contributed by atoms with Crippen LogP contribution in [-0.4, -0.2) is 49.6 Å². The fourth-order valence-corrected chi connectivity index (χ4v) is 4.00. The van der Waals surface area contributed by atoms with Crippen LogP contribution in [0.5, 0.6) is 0 Å². The molecule has 0 spiro atoms. The Morgan fingerprint density at radius 3 is 2.59 bits per heavy atom.